The lowest BCUT2D eigenvalue weighted by Gasteiger charge is -2.35. The highest BCUT2D eigenvalue weighted by Crippen LogP contribution is 2.38. The van der Waals surface area contributed by atoms with Crippen LogP contribution in [0, 0.1) is 0 Å². The van der Waals surface area contributed by atoms with Crippen molar-refractivity contribution in [2.45, 2.75) is 52.8 Å². The average Bonchev–Trinajstić information content (AvgIpc) is 1.99. The predicted molar refractivity (Wildman–Crippen MR) is 66.4 cm³/mol. The number of hydrogen-bond acceptors (Lipinski definition) is 1. The summed E-state index contributed by atoms with van der Waals surface area (Å²) in [5, 5.41) is 0.669. The van der Waals surface area contributed by atoms with Gasteiger partial charge in [0.2, 0.25) is 0 Å². The van der Waals surface area contributed by atoms with Gasteiger partial charge < -0.3 is 0 Å². The van der Waals surface area contributed by atoms with Crippen molar-refractivity contribution in [1.82, 2.24) is 0 Å². The van der Waals surface area contributed by atoms with E-state index in [1.165, 1.54) is 0 Å². The van der Waals surface area contributed by atoms with E-state index in [1.54, 1.807) is 0 Å². The summed E-state index contributed by atoms with van der Waals surface area (Å²) >= 11 is 6.02. The Morgan fingerprint density at radius 3 is 1.71 bits per heavy atom. The monoisotopic (exact) mass is 232 g/mol. The van der Waals surface area contributed by atoms with Gasteiger partial charge in [-0.05, 0) is 18.9 Å². The molecule has 0 rings (SSSR count). The zero-order chi connectivity index (χ0) is 11.7. The molecule has 0 N–H and O–H groups in total. The Morgan fingerprint density at radius 2 is 1.50 bits per heavy atom. The molecule has 0 aliphatic heterocycles. The van der Waals surface area contributed by atoms with Crippen LogP contribution in [0.25, 0.3) is 0 Å². The number of allylic oxidation sites excluding steroid dienone is 2. The van der Waals surface area contributed by atoms with Crippen LogP contribution in [0.1, 0.15) is 34.6 Å². The Hall–Kier alpha value is -0.0831. The van der Waals surface area contributed by atoms with Crippen LogP contribution in [0.2, 0.25) is 18.1 Å². The van der Waals surface area contributed by atoms with Crippen molar-refractivity contribution in [3.8, 4) is 0 Å². The van der Waals surface area contributed by atoms with Crippen molar-refractivity contribution in [1.29, 1.82) is 0 Å². The van der Waals surface area contributed by atoms with Gasteiger partial charge in [0.05, 0.1) is 5.03 Å². The number of halogens is 1. The number of carbonyl (C=O) groups excluding carboxylic acids is 1. The second kappa shape index (κ2) is 4.19. The van der Waals surface area contributed by atoms with E-state index in [0.717, 1.165) is 5.57 Å². The largest absolute Gasteiger partial charge is 0.299 e. The molecular weight excluding hydrogens is 212 g/mol. The molecule has 0 unspecified atom stereocenters. The molecule has 0 amide bonds. The lowest BCUT2D eigenvalue weighted by atomic mass is 10.2. The topological polar surface area (TPSA) is 17.1 Å². The molecule has 0 aromatic carbocycles. The van der Waals surface area contributed by atoms with E-state index in [0.29, 0.717) is 5.03 Å². The third-order valence-corrected chi connectivity index (χ3v) is 8.92. The van der Waals surface area contributed by atoms with Crippen LogP contribution in [0.15, 0.2) is 10.6 Å². The zero-order valence-corrected chi connectivity index (χ0v) is 12.0. The molecule has 14 heavy (non-hydrogen) atoms. The van der Waals surface area contributed by atoms with E-state index in [4.69, 9.17) is 11.6 Å². The molecule has 0 saturated carbocycles. The summed E-state index contributed by atoms with van der Waals surface area (Å²) in [6, 6.07) is 0. The fourth-order valence-electron chi connectivity index (χ4n) is 0.842. The first kappa shape index (κ1) is 13.9. The maximum Gasteiger partial charge on any atom is 0.151 e. The van der Waals surface area contributed by atoms with Gasteiger partial charge in [-0.1, -0.05) is 51.0 Å². The second-order valence-corrected chi connectivity index (χ2v) is 11.1. The summed E-state index contributed by atoms with van der Waals surface area (Å²) in [6.07, 6.45) is 0. The van der Waals surface area contributed by atoms with Gasteiger partial charge in [0.15, 0.2) is 5.41 Å². The summed E-state index contributed by atoms with van der Waals surface area (Å²) in [6.45, 7) is 14.3. The fraction of sp³-hybridized carbons (Fsp3) is 0.727. The molecule has 0 heterocycles. The number of carbonyl (C=O) groups is 1. The van der Waals surface area contributed by atoms with Gasteiger partial charge in [0.1, 0.15) is 8.07 Å². The summed E-state index contributed by atoms with van der Waals surface area (Å²) in [5.41, 5.74) is 0.918. The minimum atomic E-state index is -1.96. The molecule has 1 nitrogen and oxygen atoms in total. The number of rotatable bonds is 2. The maximum absolute atomic E-state index is 12.1. The molecule has 0 aliphatic rings. The predicted octanol–water partition coefficient (Wildman–Crippen LogP) is 4.14. The standard InChI is InChI=1S/C11H21ClOSi/c1-8(2)9(12)10(13)14(6,7)11(3,4)5/h1-7H3. The molecule has 0 aliphatic carbocycles. The highest BCUT2D eigenvalue weighted by atomic mass is 35.5. The third-order valence-electron chi connectivity index (χ3n) is 3.08. The van der Waals surface area contributed by atoms with E-state index >= 15 is 0 Å². The molecule has 3 heteroatoms. The minimum absolute atomic E-state index is 0.0552. The smallest absolute Gasteiger partial charge is 0.151 e. The first-order chi connectivity index (χ1) is 6.01. The maximum atomic E-state index is 12.1. The van der Waals surface area contributed by atoms with Crippen molar-refractivity contribution < 1.29 is 4.79 Å². The Kier molecular flexibility index (Phi) is 4.17. The van der Waals surface area contributed by atoms with Crippen molar-refractivity contribution in [3.05, 3.63) is 10.6 Å². The Bertz CT molecular complexity index is 268. The van der Waals surface area contributed by atoms with Crippen LogP contribution in [0.3, 0.4) is 0 Å². The average molecular weight is 233 g/mol. The SMILES string of the molecule is CC(C)=C(Cl)C(=O)[Si](C)(C)C(C)(C)C. The molecule has 82 valence electrons. The van der Waals surface area contributed by atoms with Crippen LogP contribution in [-0.2, 0) is 4.79 Å². The van der Waals surface area contributed by atoms with E-state index in [9.17, 15) is 4.79 Å². The van der Waals surface area contributed by atoms with E-state index in [2.05, 4.69) is 33.9 Å². The van der Waals surface area contributed by atoms with Crippen LogP contribution in [-0.4, -0.2) is 13.5 Å². The molecule has 0 fully saturated rings. The summed E-state index contributed by atoms with van der Waals surface area (Å²) < 4.78 is 0. The van der Waals surface area contributed by atoms with Crippen molar-refractivity contribution in [2.24, 2.45) is 0 Å². The molecular formula is C11H21ClOSi. The van der Waals surface area contributed by atoms with Gasteiger partial charge in [-0.25, -0.2) is 0 Å². The van der Waals surface area contributed by atoms with Gasteiger partial charge in [-0.15, -0.1) is 0 Å². The van der Waals surface area contributed by atoms with Crippen molar-refractivity contribution in [2.75, 3.05) is 0 Å². The molecule has 0 spiro atoms. The van der Waals surface area contributed by atoms with E-state index in [-0.39, 0.29) is 10.4 Å². The van der Waals surface area contributed by atoms with Crippen LogP contribution in [0.5, 0.6) is 0 Å². The number of hydrogen-bond donors (Lipinski definition) is 0. The van der Waals surface area contributed by atoms with E-state index < -0.39 is 8.07 Å². The molecule has 0 aromatic heterocycles. The van der Waals surface area contributed by atoms with Crippen molar-refractivity contribution >= 4 is 25.1 Å². The molecule has 0 bridgehead atoms. The zero-order valence-electron chi connectivity index (χ0n) is 10.3. The first-order valence-electron chi connectivity index (χ1n) is 4.89. The van der Waals surface area contributed by atoms with E-state index in [1.807, 2.05) is 13.8 Å². The highest BCUT2D eigenvalue weighted by molar-refractivity contribution is 7.09. The molecule has 0 aromatic rings. The Labute approximate surface area is 93.5 Å². The fourth-order valence-corrected chi connectivity index (χ4v) is 3.03. The molecule has 0 saturated heterocycles. The Morgan fingerprint density at radius 1 is 1.14 bits per heavy atom. The molecule has 0 radical (unpaired) electrons. The van der Waals surface area contributed by atoms with Crippen molar-refractivity contribution in [3.63, 3.8) is 0 Å². The third kappa shape index (κ3) is 2.70. The van der Waals surface area contributed by atoms with Gasteiger partial charge in [-0.3, -0.25) is 4.79 Å². The Balaban J connectivity index is 5.16. The van der Waals surface area contributed by atoms with Crippen LogP contribution >= 0.6 is 11.6 Å². The molecule has 0 atom stereocenters. The lowest BCUT2D eigenvalue weighted by Crippen LogP contribution is -2.46. The minimum Gasteiger partial charge on any atom is -0.299 e. The second-order valence-electron chi connectivity index (χ2n) is 5.52. The summed E-state index contributed by atoms with van der Waals surface area (Å²) in [5.74, 6) is 0. The van der Waals surface area contributed by atoms with Gasteiger partial charge in [0.25, 0.3) is 0 Å². The lowest BCUT2D eigenvalue weighted by molar-refractivity contribution is -0.109. The first-order valence-corrected chi connectivity index (χ1v) is 8.27. The van der Waals surface area contributed by atoms with Gasteiger partial charge in [0, 0.05) is 0 Å². The summed E-state index contributed by atoms with van der Waals surface area (Å²) in [4.78, 5) is 12.1. The highest BCUT2D eigenvalue weighted by Gasteiger charge is 2.43. The van der Waals surface area contributed by atoms with Gasteiger partial charge >= 0.3 is 0 Å². The van der Waals surface area contributed by atoms with Gasteiger partial charge in [-0.2, -0.15) is 0 Å². The quantitative estimate of drug-likeness (QED) is 0.517. The normalized spacial score (nSPS) is 12.6. The summed E-state index contributed by atoms with van der Waals surface area (Å²) in [7, 11) is -1.96. The van der Waals surface area contributed by atoms with Crippen LogP contribution in [0.4, 0.5) is 0 Å². The van der Waals surface area contributed by atoms with Crippen LogP contribution < -0.4 is 0 Å².